The van der Waals surface area contributed by atoms with Crippen LogP contribution in [0.25, 0.3) is 10.8 Å². The molecule has 2 heterocycles. The Labute approximate surface area is 143 Å². The predicted molar refractivity (Wildman–Crippen MR) is 93.5 cm³/mol. The van der Waals surface area contributed by atoms with Crippen LogP contribution in [0, 0.1) is 12.7 Å². The van der Waals surface area contributed by atoms with Crippen molar-refractivity contribution < 1.29 is 14.6 Å². The number of nitrogens with zero attached hydrogens (tertiary/aromatic N) is 2. The molecule has 3 rings (SSSR count). The van der Waals surface area contributed by atoms with E-state index in [1.807, 2.05) is 0 Å². The highest BCUT2D eigenvalue weighted by Crippen LogP contribution is 2.25. The molecular weight excluding hydrogens is 325 g/mol. The summed E-state index contributed by atoms with van der Waals surface area (Å²) in [6, 6.07) is 6.45. The summed E-state index contributed by atoms with van der Waals surface area (Å²) in [5.74, 6) is -0.427. The number of rotatable bonds is 5. The smallest absolute Gasteiger partial charge is 0.260 e. The third-order valence-corrected chi connectivity index (χ3v) is 3.90. The molecule has 0 saturated heterocycles. The first-order valence-corrected chi connectivity index (χ1v) is 7.79. The van der Waals surface area contributed by atoms with Crippen molar-refractivity contribution in [3.05, 3.63) is 64.6 Å². The molecule has 6 nitrogen and oxygen atoms in total. The molecule has 0 radical (unpaired) electrons. The lowest BCUT2D eigenvalue weighted by Crippen LogP contribution is -2.28. The van der Waals surface area contributed by atoms with Crippen molar-refractivity contribution in [2.45, 2.75) is 19.6 Å². The molecule has 0 aliphatic carbocycles. The van der Waals surface area contributed by atoms with Crippen LogP contribution in [0.4, 0.5) is 15.8 Å². The summed E-state index contributed by atoms with van der Waals surface area (Å²) in [6.07, 6.45) is 3.49. The van der Waals surface area contributed by atoms with Gasteiger partial charge in [-0.15, -0.1) is 0 Å². The number of aryl methyl sites for hydroxylation is 1. The lowest BCUT2D eigenvalue weighted by molar-refractivity contribution is 0.0805. The van der Waals surface area contributed by atoms with E-state index < -0.39 is 18.5 Å². The lowest BCUT2D eigenvalue weighted by atomic mass is 10.1. The second kappa shape index (κ2) is 7.00. The van der Waals surface area contributed by atoms with Gasteiger partial charge < -0.3 is 20.1 Å². The van der Waals surface area contributed by atoms with Gasteiger partial charge in [-0.2, -0.15) is 0 Å². The minimum Gasteiger partial charge on any atom is -0.394 e. The van der Waals surface area contributed by atoms with Crippen molar-refractivity contribution in [3.8, 4) is 0 Å². The average molecular weight is 343 g/mol. The van der Waals surface area contributed by atoms with Gasteiger partial charge in [-0.25, -0.2) is 4.39 Å². The Bertz CT molecular complexity index is 971. The monoisotopic (exact) mass is 343 g/mol. The largest absolute Gasteiger partial charge is 0.394 e. The summed E-state index contributed by atoms with van der Waals surface area (Å²) in [4.78, 5) is 16.8. The summed E-state index contributed by atoms with van der Waals surface area (Å²) in [5, 5.41) is 22.4. The Balaban J connectivity index is 2.08. The first kappa shape index (κ1) is 17.1. The van der Waals surface area contributed by atoms with Crippen LogP contribution in [-0.4, -0.2) is 32.5 Å². The molecule has 25 heavy (non-hydrogen) atoms. The van der Waals surface area contributed by atoms with Gasteiger partial charge in [0.2, 0.25) is 0 Å². The number of nitrogens with one attached hydrogen (secondary N) is 1. The average Bonchev–Trinajstić information content (AvgIpc) is 2.59. The summed E-state index contributed by atoms with van der Waals surface area (Å²) in [5.41, 5.74) is 1.05. The number of anilines is 2. The molecule has 0 saturated carbocycles. The molecule has 0 fully saturated rings. The van der Waals surface area contributed by atoms with Gasteiger partial charge in [0.1, 0.15) is 5.82 Å². The lowest BCUT2D eigenvalue weighted by Gasteiger charge is -2.14. The van der Waals surface area contributed by atoms with Crippen molar-refractivity contribution in [1.29, 1.82) is 0 Å². The first-order valence-electron chi connectivity index (χ1n) is 7.79. The van der Waals surface area contributed by atoms with Gasteiger partial charge >= 0.3 is 0 Å². The van der Waals surface area contributed by atoms with E-state index in [2.05, 4.69) is 10.3 Å². The second-order valence-corrected chi connectivity index (χ2v) is 5.87. The number of halogens is 1. The van der Waals surface area contributed by atoms with Crippen LogP contribution in [0.15, 0.2) is 47.7 Å². The fourth-order valence-electron chi connectivity index (χ4n) is 2.61. The number of hydrogen-bond acceptors (Lipinski definition) is 5. The Morgan fingerprint density at radius 1 is 1.28 bits per heavy atom. The van der Waals surface area contributed by atoms with E-state index in [1.54, 1.807) is 31.3 Å². The molecule has 0 amide bonds. The molecule has 0 aliphatic heterocycles. The van der Waals surface area contributed by atoms with Gasteiger partial charge in [0.15, 0.2) is 0 Å². The van der Waals surface area contributed by atoms with Gasteiger partial charge in [-0.05, 0) is 30.7 Å². The van der Waals surface area contributed by atoms with Gasteiger partial charge in [-0.3, -0.25) is 9.78 Å². The molecule has 1 atom stereocenters. The van der Waals surface area contributed by atoms with E-state index in [0.717, 1.165) is 5.56 Å². The van der Waals surface area contributed by atoms with Gasteiger partial charge in [0, 0.05) is 17.8 Å². The summed E-state index contributed by atoms with van der Waals surface area (Å²) in [7, 11) is 0. The molecule has 1 unspecified atom stereocenters. The highest BCUT2D eigenvalue weighted by molar-refractivity contribution is 5.93. The SMILES string of the molecule is Cc1ccc(Nc2cncc3ccn(CC(O)CO)c(=O)c23)c(F)c1. The first-order chi connectivity index (χ1) is 12.0. The number of benzene rings is 1. The fraction of sp³-hybridized carbons (Fsp3) is 0.222. The summed E-state index contributed by atoms with van der Waals surface area (Å²) >= 11 is 0. The number of aliphatic hydroxyl groups is 2. The number of fused-ring (bicyclic) bond motifs is 1. The highest BCUT2D eigenvalue weighted by atomic mass is 19.1. The molecule has 130 valence electrons. The van der Waals surface area contributed by atoms with Crippen molar-refractivity contribution in [1.82, 2.24) is 9.55 Å². The number of pyridine rings is 2. The van der Waals surface area contributed by atoms with Crippen LogP contribution in [0.3, 0.4) is 0 Å². The Morgan fingerprint density at radius 2 is 2.08 bits per heavy atom. The van der Waals surface area contributed by atoms with E-state index >= 15 is 0 Å². The van der Waals surface area contributed by atoms with E-state index in [1.165, 1.54) is 23.0 Å². The van der Waals surface area contributed by atoms with Gasteiger partial charge in [0.25, 0.3) is 5.56 Å². The van der Waals surface area contributed by atoms with Crippen LogP contribution >= 0.6 is 0 Å². The van der Waals surface area contributed by atoms with Crippen LogP contribution in [0.2, 0.25) is 0 Å². The molecule has 3 aromatic rings. The molecule has 2 aromatic heterocycles. The topological polar surface area (TPSA) is 87.4 Å². The number of aliphatic hydroxyl groups excluding tert-OH is 2. The Kier molecular flexibility index (Phi) is 4.78. The number of hydrogen-bond donors (Lipinski definition) is 3. The van der Waals surface area contributed by atoms with Crippen LogP contribution in [0.5, 0.6) is 0 Å². The molecule has 1 aromatic carbocycles. The number of aromatic nitrogens is 2. The minimum absolute atomic E-state index is 0.0358. The molecular formula is C18H18FN3O3. The fourth-order valence-corrected chi connectivity index (χ4v) is 2.61. The Morgan fingerprint density at radius 3 is 2.80 bits per heavy atom. The zero-order valence-electron chi connectivity index (χ0n) is 13.6. The van der Waals surface area contributed by atoms with Crippen molar-refractivity contribution in [3.63, 3.8) is 0 Å². The normalized spacial score (nSPS) is 12.3. The van der Waals surface area contributed by atoms with Crippen molar-refractivity contribution >= 4 is 22.1 Å². The molecule has 0 spiro atoms. The third-order valence-electron chi connectivity index (χ3n) is 3.90. The Hall–Kier alpha value is -2.77. The molecule has 0 bridgehead atoms. The standard InChI is InChI=1S/C18H18FN3O3/c1-11-2-3-15(14(19)6-11)21-16-8-20-7-12-4-5-22(9-13(24)10-23)18(25)17(12)16/h2-8,13,21,23-24H,9-10H2,1H3. The van der Waals surface area contributed by atoms with Crippen molar-refractivity contribution in [2.75, 3.05) is 11.9 Å². The van der Waals surface area contributed by atoms with Gasteiger partial charge in [-0.1, -0.05) is 6.07 Å². The molecule has 0 aliphatic rings. The van der Waals surface area contributed by atoms with E-state index in [4.69, 9.17) is 5.11 Å². The molecule has 3 N–H and O–H groups in total. The molecule has 7 heteroatoms. The zero-order chi connectivity index (χ0) is 18.0. The van der Waals surface area contributed by atoms with Crippen LogP contribution < -0.4 is 10.9 Å². The van der Waals surface area contributed by atoms with Crippen LogP contribution in [-0.2, 0) is 6.54 Å². The maximum Gasteiger partial charge on any atom is 0.260 e. The predicted octanol–water partition coefficient (Wildman–Crippen LogP) is 1.94. The summed E-state index contributed by atoms with van der Waals surface area (Å²) in [6.45, 7) is 1.31. The zero-order valence-corrected chi connectivity index (χ0v) is 13.6. The summed E-state index contributed by atoms with van der Waals surface area (Å²) < 4.78 is 15.4. The van der Waals surface area contributed by atoms with Crippen molar-refractivity contribution in [2.24, 2.45) is 0 Å². The van der Waals surface area contributed by atoms with E-state index in [-0.39, 0.29) is 17.8 Å². The second-order valence-electron chi connectivity index (χ2n) is 5.87. The van der Waals surface area contributed by atoms with E-state index in [0.29, 0.717) is 16.5 Å². The third kappa shape index (κ3) is 3.52. The van der Waals surface area contributed by atoms with E-state index in [9.17, 15) is 14.3 Å². The highest BCUT2D eigenvalue weighted by Gasteiger charge is 2.12. The van der Waals surface area contributed by atoms with Crippen LogP contribution in [0.1, 0.15) is 5.56 Å². The minimum atomic E-state index is -1.04. The quantitative estimate of drug-likeness (QED) is 0.659. The maximum atomic E-state index is 14.1. The maximum absolute atomic E-state index is 14.1. The van der Waals surface area contributed by atoms with Gasteiger partial charge in [0.05, 0.1) is 42.2 Å².